The van der Waals surface area contributed by atoms with Gasteiger partial charge in [0.15, 0.2) is 0 Å². The first-order chi connectivity index (χ1) is 7.55. The van der Waals surface area contributed by atoms with Crippen LogP contribution in [-0.2, 0) is 10.0 Å². The van der Waals surface area contributed by atoms with Gasteiger partial charge in [0.1, 0.15) is 12.4 Å². The highest BCUT2D eigenvalue weighted by atomic mass is 32.2. The van der Waals surface area contributed by atoms with Crippen molar-refractivity contribution in [1.82, 2.24) is 14.3 Å². The van der Waals surface area contributed by atoms with Crippen LogP contribution in [0.5, 0.6) is 5.88 Å². The Kier molecular flexibility index (Phi) is 3.06. The van der Waals surface area contributed by atoms with Crippen molar-refractivity contribution in [2.75, 3.05) is 19.3 Å². The van der Waals surface area contributed by atoms with Crippen LogP contribution in [-0.4, -0.2) is 48.1 Å². The zero-order valence-electron chi connectivity index (χ0n) is 8.91. The van der Waals surface area contributed by atoms with Gasteiger partial charge in [-0.3, -0.25) is 0 Å². The van der Waals surface area contributed by atoms with Crippen LogP contribution in [0.3, 0.4) is 0 Å². The van der Waals surface area contributed by atoms with Crippen molar-refractivity contribution in [3.63, 3.8) is 0 Å². The maximum absolute atomic E-state index is 11.3. The molecular weight excluding hydrogens is 230 g/mol. The topological polar surface area (TPSA) is 72.4 Å². The third kappa shape index (κ3) is 2.67. The molecule has 7 heteroatoms. The fraction of sp³-hybridized carbons (Fsp3) is 0.556. The van der Waals surface area contributed by atoms with E-state index in [1.54, 1.807) is 12.3 Å². The molecule has 1 atom stereocenters. The molecule has 1 aromatic heterocycles. The largest absolute Gasteiger partial charge is 0.473 e. The van der Waals surface area contributed by atoms with E-state index in [0.717, 1.165) is 0 Å². The van der Waals surface area contributed by atoms with Crippen LogP contribution in [0.2, 0.25) is 0 Å². The highest BCUT2D eigenvalue weighted by Gasteiger charge is 2.29. The van der Waals surface area contributed by atoms with E-state index in [1.165, 1.54) is 16.9 Å². The molecule has 0 N–H and O–H groups in total. The predicted molar refractivity (Wildman–Crippen MR) is 57.5 cm³/mol. The van der Waals surface area contributed by atoms with Crippen molar-refractivity contribution in [2.24, 2.45) is 0 Å². The zero-order valence-corrected chi connectivity index (χ0v) is 9.72. The van der Waals surface area contributed by atoms with Gasteiger partial charge in [0.05, 0.1) is 12.8 Å². The molecular formula is C9H13N3O3S. The number of ether oxygens (including phenoxy) is 1. The minimum atomic E-state index is -3.11. The molecule has 88 valence electrons. The molecule has 0 radical (unpaired) electrons. The van der Waals surface area contributed by atoms with E-state index in [-0.39, 0.29) is 6.10 Å². The van der Waals surface area contributed by atoms with E-state index in [0.29, 0.717) is 25.4 Å². The lowest BCUT2D eigenvalue weighted by atomic mass is 10.3. The zero-order chi connectivity index (χ0) is 11.6. The Bertz CT molecular complexity index is 448. The maximum atomic E-state index is 11.3. The third-order valence-corrected chi connectivity index (χ3v) is 3.69. The van der Waals surface area contributed by atoms with Crippen molar-refractivity contribution in [3.8, 4) is 5.88 Å². The Balaban J connectivity index is 1.96. The number of aromatic nitrogens is 2. The second-order valence-electron chi connectivity index (χ2n) is 3.70. The van der Waals surface area contributed by atoms with Gasteiger partial charge in [-0.1, -0.05) is 0 Å². The van der Waals surface area contributed by atoms with Gasteiger partial charge in [0.25, 0.3) is 0 Å². The predicted octanol–water partition coefficient (Wildman–Crippen LogP) is -0.111. The fourth-order valence-electron chi connectivity index (χ4n) is 1.61. The van der Waals surface area contributed by atoms with Gasteiger partial charge in [-0.2, -0.15) is 4.31 Å². The number of hydrogen-bond acceptors (Lipinski definition) is 5. The smallest absolute Gasteiger partial charge is 0.216 e. The molecule has 1 saturated heterocycles. The molecule has 1 fully saturated rings. The lowest BCUT2D eigenvalue weighted by molar-refractivity contribution is 0.206. The second kappa shape index (κ2) is 4.34. The average Bonchev–Trinajstić information content (AvgIpc) is 2.67. The quantitative estimate of drug-likeness (QED) is 0.740. The van der Waals surface area contributed by atoms with E-state index in [1.807, 2.05) is 0 Å². The molecule has 16 heavy (non-hydrogen) atoms. The molecule has 0 amide bonds. The number of sulfonamides is 1. The summed E-state index contributed by atoms with van der Waals surface area (Å²) in [4.78, 5) is 7.70. The van der Waals surface area contributed by atoms with Crippen LogP contribution >= 0.6 is 0 Å². The van der Waals surface area contributed by atoms with E-state index >= 15 is 0 Å². The first-order valence-corrected chi connectivity index (χ1v) is 6.78. The molecule has 1 unspecified atom stereocenters. The molecule has 1 aliphatic rings. The number of nitrogens with zero attached hydrogens (tertiary/aromatic N) is 3. The van der Waals surface area contributed by atoms with Crippen LogP contribution in [0.1, 0.15) is 6.42 Å². The summed E-state index contributed by atoms with van der Waals surface area (Å²) in [5, 5.41) is 0. The summed E-state index contributed by atoms with van der Waals surface area (Å²) in [7, 11) is -3.11. The van der Waals surface area contributed by atoms with E-state index < -0.39 is 10.0 Å². The van der Waals surface area contributed by atoms with Gasteiger partial charge in [0, 0.05) is 18.8 Å². The Labute approximate surface area is 94.3 Å². The molecule has 0 bridgehead atoms. The standard InChI is InChI=1S/C9H13N3O3S/c1-16(13,14)12-5-3-8(6-12)15-9-2-4-10-7-11-9/h2,4,7-8H,3,5-6H2,1H3. The van der Waals surface area contributed by atoms with E-state index in [9.17, 15) is 8.42 Å². The van der Waals surface area contributed by atoms with Crippen molar-refractivity contribution in [1.29, 1.82) is 0 Å². The minimum absolute atomic E-state index is 0.121. The molecule has 2 rings (SSSR count). The fourth-order valence-corrected chi connectivity index (χ4v) is 2.49. The Hall–Kier alpha value is -1.21. The van der Waals surface area contributed by atoms with Crippen molar-refractivity contribution >= 4 is 10.0 Å². The monoisotopic (exact) mass is 243 g/mol. The Morgan fingerprint density at radius 1 is 1.56 bits per heavy atom. The van der Waals surface area contributed by atoms with Gasteiger partial charge in [0.2, 0.25) is 15.9 Å². The van der Waals surface area contributed by atoms with Gasteiger partial charge >= 0.3 is 0 Å². The molecule has 0 saturated carbocycles. The normalized spacial score (nSPS) is 22.2. The van der Waals surface area contributed by atoms with Gasteiger partial charge < -0.3 is 4.74 Å². The molecule has 2 heterocycles. The van der Waals surface area contributed by atoms with Gasteiger partial charge in [-0.05, 0) is 6.42 Å². The van der Waals surface area contributed by atoms with Crippen LogP contribution < -0.4 is 4.74 Å². The van der Waals surface area contributed by atoms with E-state index in [2.05, 4.69) is 9.97 Å². The van der Waals surface area contributed by atoms with Crippen molar-refractivity contribution < 1.29 is 13.2 Å². The first-order valence-electron chi connectivity index (χ1n) is 4.93. The van der Waals surface area contributed by atoms with Crippen molar-refractivity contribution in [2.45, 2.75) is 12.5 Å². The Morgan fingerprint density at radius 2 is 2.38 bits per heavy atom. The summed E-state index contributed by atoms with van der Waals surface area (Å²) in [6, 6.07) is 1.66. The minimum Gasteiger partial charge on any atom is -0.473 e. The Morgan fingerprint density at radius 3 is 2.94 bits per heavy atom. The lowest BCUT2D eigenvalue weighted by Crippen LogP contribution is -2.30. The van der Waals surface area contributed by atoms with E-state index in [4.69, 9.17) is 4.74 Å². The maximum Gasteiger partial charge on any atom is 0.216 e. The van der Waals surface area contributed by atoms with Gasteiger partial charge in [-0.15, -0.1) is 0 Å². The summed E-state index contributed by atoms with van der Waals surface area (Å²) in [6.45, 7) is 0.900. The highest BCUT2D eigenvalue weighted by molar-refractivity contribution is 7.88. The summed E-state index contributed by atoms with van der Waals surface area (Å²) in [5.74, 6) is 0.482. The molecule has 6 nitrogen and oxygen atoms in total. The summed E-state index contributed by atoms with van der Waals surface area (Å²) >= 11 is 0. The molecule has 0 aliphatic carbocycles. The van der Waals surface area contributed by atoms with Gasteiger partial charge in [-0.25, -0.2) is 18.4 Å². The summed E-state index contributed by atoms with van der Waals surface area (Å²) in [5.41, 5.74) is 0. The molecule has 0 aromatic carbocycles. The van der Waals surface area contributed by atoms with Crippen molar-refractivity contribution in [3.05, 3.63) is 18.6 Å². The number of hydrogen-bond donors (Lipinski definition) is 0. The average molecular weight is 243 g/mol. The van der Waals surface area contributed by atoms with Crippen LogP contribution in [0.15, 0.2) is 18.6 Å². The lowest BCUT2D eigenvalue weighted by Gasteiger charge is -2.14. The molecule has 1 aliphatic heterocycles. The van der Waals surface area contributed by atoms with Crippen LogP contribution in [0, 0.1) is 0 Å². The first kappa shape index (κ1) is 11.3. The summed E-state index contributed by atoms with van der Waals surface area (Å²) < 4.78 is 29.5. The second-order valence-corrected chi connectivity index (χ2v) is 5.68. The number of rotatable bonds is 3. The molecule has 0 spiro atoms. The summed E-state index contributed by atoms with van der Waals surface area (Å²) in [6.07, 6.45) is 4.77. The third-order valence-electron chi connectivity index (χ3n) is 2.42. The highest BCUT2D eigenvalue weighted by Crippen LogP contribution is 2.17. The molecule has 1 aromatic rings. The SMILES string of the molecule is CS(=O)(=O)N1CCC(Oc2ccncn2)C1. The van der Waals surface area contributed by atoms with Crippen LogP contribution in [0.4, 0.5) is 0 Å². The van der Waals surface area contributed by atoms with Crippen LogP contribution in [0.25, 0.3) is 0 Å².